The molecule has 0 unspecified atom stereocenters. The normalized spacial score (nSPS) is 11.8. The van der Waals surface area contributed by atoms with Gasteiger partial charge in [0.1, 0.15) is 5.70 Å². The van der Waals surface area contributed by atoms with Crippen molar-refractivity contribution in [2.75, 3.05) is 6.61 Å². The van der Waals surface area contributed by atoms with Crippen LogP contribution in [0.2, 0.25) is 5.02 Å². The molecule has 0 aromatic heterocycles. The molecule has 2 amide bonds. The van der Waals surface area contributed by atoms with Crippen molar-refractivity contribution < 1.29 is 14.7 Å². The number of rotatable bonds is 6. The van der Waals surface area contributed by atoms with Crippen molar-refractivity contribution in [1.29, 1.82) is 0 Å². The second-order valence-corrected chi connectivity index (χ2v) is 6.86. The predicted molar refractivity (Wildman–Crippen MR) is 103 cm³/mol. The van der Waals surface area contributed by atoms with Gasteiger partial charge in [0.25, 0.3) is 11.8 Å². The first-order chi connectivity index (χ1) is 12.3. The predicted octanol–water partition coefficient (Wildman–Crippen LogP) is 3.00. The van der Waals surface area contributed by atoms with Gasteiger partial charge in [0.2, 0.25) is 0 Å². The molecule has 0 saturated heterocycles. The topological polar surface area (TPSA) is 78.4 Å². The van der Waals surface area contributed by atoms with Gasteiger partial charge in [0, 0.05) is 10.6 Å². The van der Waals surface area contributed by atoms with Crippen LogP contribution in [-0.2, 0) is 4.79 Å². The van der Waals surface area contributed by atoms with E-state index in [9.17, 15) is 14.7 Å². The first-order valence-electron chi connectivity index (χ1n) is 8.08. The average molecular weight is 373 g/mol. The van der Waals surface area contributed by atoms with E-state index in [2.05, 4.69) is 10.6 Å². The lowest BCUT2D eigenvalue weighted by Gasteiger charge is -2.24. The van der Waals surface area contributed by atoms with Crippen LogP contribution < -0.4 is 10.6 Å². The van der Waals surface area contributed by atoms with Crippen LogP contribution in [0, 0.1) is 0 Å². The van der Waals surface area contributed by atoms with E-state index in [0.29, 0.717) is 16.1 Å². The van der Waals surface area contributed by atoms with Crippen molar-refractivity contribution in [3.63, 3.8) is 0 Å². The summed E-state index contributed by atoms with van der Waals surface area (Å²) in [5.41, 5.74) is 0.384. The lowest BCUT2D eigenvalue weighted by Crippen LogP contribution is -2.48. The maximum absolute atomic E-state index is 12.6. The van der Waals surface area contributed by atoms with Gasteiger partial charge >= 0.3 is 0 Å². The molecular formula is C20H21ClN2O3. The minimum Gasteiger partial charge on any atom is -0.394 e. The summed E-state index contributed by atoms with van der Waals surface area (Å²) < 4.78 is 0. The molecule has 5 nitrogen and oxygen atoms in total. The van der Waals surface area contributed by atoms with Crippen LogP contribution in [0.15, 0.2) is 60.3 Å². The van der Waals surface area contributed by atoms with Crippen LogP contribution in [0.1, 0.15) is 29.8 Å². The van der Waals surface area contributed by atoms with Crippen molar-refractivity contribution in [2.24, 2.45) is 0 Å². The molecule has 2 rings (SSSR count). The van der Waals surface area contributed by atoms with Crippen LogP contribution in [0.5, 0.6) is 0 Å². The molecular weight excluding hydrogens is 352 g/mol. The molecule has 2 aromatic rings. The lowest BCUT2D eigenvalue weighted by atomic mass is 10.1. The zero-order valence-electron chi connectivity index (χ0n) is 14.6. The third-order valence-corrected chi connectivity index (χ3v) is 3.81. The molecule has 0 bridgehead atoms. The third kappa shape index (κ3) is 5.72. The smallest absolute Gasteiger partial charge is 0.268 e. The number of carbonyl (C=O) groups excluding carboxylic acids is 2. The van der Waals surface area contributed by atoms with Gasteiger partial charge in [-0.3, -0.25) is 9.59 Å². The fourth-order valence-electron chi connectivity index (χ4n) is 2.08. The van der Waals surface area contributed by atoms with Gasteiger partial charge in [-0.2, -0.15) is 0 Å². The first kappa shape index (κ1) is 19.7. The molecule has 3 N–H and O–H groups in total. The highest BCUT2D eigenvalue weighted by molar-refractivity contribution is 6.30. The highest BCUT2D eigenvalue weighted by atomic mass is 35.5. The summed E-state index contributed by atoms with van der Waals surface area (Å²) in [6.07, 6.45) is 1.56. The van der Waals surface area contributed by atoms with Crippen molar-refractivity contribution in [2.45, 2.75) is 19.4 Å². The second-order valence-electron chi connectivity index (χ2n) is 6.43. The van der Waals surface area contributed by atoms with Crippen LogP contribution in [-0.4, -0.2) is 29.1 Å². The molecule has 6 heteroatoms. The summed E-state index contributed by atoms with van der Waals surface area (Å²) in [6.45, 7) is 3.13. The van der Waals surface area contributed by atoms with Gasteiger partial charge in [0.05, 0.1) is 12.1 Å². The van der Waals surface area contributed by atoms with Crippen LogP contribution in [0.4, 0.5) is 0 Å². The Balaban J connectivity index is 2.30. The summed E-state index contributed by atoms with van der Waals surface area (Å²) in [4.78, 5) is 25.1. The van der Waals surface area contributed by atoms with Gasteiger partial charge < -0.3 is 15.7 Å². The minimum absolute atomic E-state index is 0.0719. The van der Waals surface area contributed by atoms with E-state index in [4.69, 9.17) is 11.6 Å². The number of amides is 2. The largest absolute Gasteiger partial charge is 0.394 e. The van der Waals surface area contributed by atoms with Gasteiger partial charge in [-0.1, -0.05) is 41.9 Å². The quantitative estimate of drug-likeness (QED) is 0.682. The maximum atomic E-state index is 12.6. The third-order valence-electron chi connectivity index (χ3n) is 3.56. The Morgan fingerprint density at radius 3 is 2.27 bits per heavy atom. The number of benzene rings is 2. The monoisotopic (exact) mass is 372 g/mol. The van der Waals surface area contributed by atoms with E-state index in [-0.39, 0.29) is 12.3 Å². The van der Waals surface area contributed by atoms with Crippen molar-refractivity contribution in [3.05, 3.63) is 76.4 Å². The zero-order chi connectivity index (χ0) is 19.2. The first-order valence-corrected chi connectivity index (χ1v) is 8.45. The van der Waals surface area contributed by atoms with E-state index in [0.717, 1.165) is 0 Å². The van der Waals surface area contributed by atoms with Gasteiger partial charge in [-0.15, -0.1) is 0 Å². The van der Waals surface area contributed by atoms with Crippen LogP contribution in [0.25, 0.3) is 6.08 Å². The second kappa shape index (κ2) is 8.65. The SMILES string of the molecule is CC(C)(CO)NC(=O)/C(=C/c1ccc(Cl)cc1)NC(=O)c1ccccc1. The van der Waals surface area contributed by atoms with E-state index >= 15 is 0 Å². The lowest BCUT2D eigenvalue weighted by molar-refractivity contribution is -0.119. The minimum atomic E-state index is -0.826. The number of nitrogens with one attached hydrogen (secondary N) is 2. The maximum Gasteiger partial charge on any atom is 0.268 e. The highest BCUT2D eigenvalue weighted by Crippen LogP contribution is 2.13. The Hall–Kier alpha value is -2.63. The molecule has 0 radical (unpaired) electrons. The van der Waals surface area contributed by atoms with E-state index in [1.165, 1.54) is 0 Å². The van der Waals surface area contributed by atoms with Gasteiger partial charge in [-0.25, -0.2) is 0 Å². The molecule has 0 aliphatic heterocycles. The molecule has 0 saturated carbocycles. The zero-order valence-corrected chi connectivity index (χ0v) is 15.4. The Morgan fingerprint density at radius 2 is 1.69 bits per heavy atom. The Bertz CT molecular complexity index is 800. The Kier molecular flexibility index (Phi) is 6.55. The van der Waals surface area contributed by atoms with Crippen LogP contribution in [0.3, 0.4) is 0 Å². The number of hydrogen-bond acceptors (Lipinski definition) is 3. The molecule has 2 aromatic carbocycles. The average Bonchev–Trinajstić information content (AvgIpc) is 2.63. The summed E-state index contributed by atoms with van der Waals surface area (Å²) in [5, 5.41) is 15.3. The van der Waals surface area contributed by atoms with Gasteiger partial charge in [-0.05, 0) is 49.8 Å². The fourth-order valence-corrected chi connectivity index (χ4v) is 2.21. The van der Waals surface area contributed by atoms with E-state index in [1.807, 2.05) is 0 Å². The Morgan fingerprint density at radius 1 is 1.08 bits per heavy atom. The number of halogens is 1. The summed E-state index contributed by atoms with van der Waals surface area (Å²) in [5.74, 6) is -0.897. The molecule has 26 heavy (non-hydrogen) atoms. The van der Waals surface area contributed by atoms with Crippen molar-refractivity contribution in [3.8, 4) is 0 Å². The summed E-state index contributed by atoms with van der Waals surface area (Å²) in [7, 11) is 0. The highest BCUT2D eigenvalue weighted by Gasteiger charge is 2.22. The molecule has 0 aliphatic carbocycles. The number of aliphatic hydroxyl groups is 1. The van der Waals surface area contributed by atoms with Crippen LogP contribution >= 0.6 is 11.6 Å². The van der Waals surface area contributed by atoms with E-state index in [1.54, 1.807) is 74.5 Å². The summed E-state index contributed by atoms with van der Waals surface area (Å²) >= 11 is 5.88. The molecule has 0 atom stereocenters. The Labute approximate surface area is 157 Å². The number of hydrogen-bond donors (Lipinski definition) is 3. The molecule has 0 spiro atoms. The number of carbonyl (C=O) groups is 2. The summed E-state index contributed by atoms with van der Waals surface area (Å²) in [6, 6.07) is 15.5. The molecule has 0 fully saturated rings. The molecule has 0 heterocycles. The van der Waals surface area contributed by atoms with Gasteiger partial charge in [0.15, 0.2) is 0 Å². The van der Waals surface area contributed by atoms with Crippen molar-refractivity contribution >= 4 is 29.5 Å². The fraction of sp³-hybridized carbons (Fsp3) is 0.200. The standard InChI is InChI=1S/C20H21ClN2O3/c1-20(2,13-24)23-19(26)17(12-14-8-10-16(21)11-9-14)22-18(25)15-6-4-3-5-7-15/h3-12,24H,13H2,1-2H3,(H,22,25)(H,23,26)/b17-12-. The van der Waals surface area contributed by atoms with E-state index < -0.39 is 17.4 Å². The number of aliphatic hydroxyl groups excluding tert-OH is 1. The molecule has 136 valence electrons. The van der Waals surface area contributed by atoms with Crippen molar-refractivity contribution in [1.82, 2.24) is 10.6 Å². The molecule has 0 aliphatic rings.